The van der Waals surface area contributed by atoms with Crippen molar-refractivity contribution in [3.63, 3.8) is 0 Å². The van der Waals surface area contributed by atoms with E-state index in [1.54, 1.807) is 0 Å². The fourth-order valence-corrected chi connectivity index (χ4v) is 3.02. The highest BCUT2D eigenvalue weighted by molar-refractivity contribution is 6.06. The number of urea groups is 2. The highest BCUT2D eigenvalue weighted by atomic mass is 19.1. The fraction of sp³-hybridized carbons (Fsp3) is 0.269. The quantitative estimate of drug-likeness (QED) is 0.397. The molecule has 194 valence electrons. The Balaban J connectivity index is 0.00000235. The Morgan fingerprint density at radius 3 is 1.84 bits per heavy atom. The number of carbonyl (C=O) groups is 2. The lowest BCUT2D eigenvalue weighted by molar-refractivity contribution is 0.191. The van der Waals surface area contributed by atoms with Crippen molar-refractivity contribution in [1.82, 2.24) is 15.0 Å². The van der Waals surface area contributed by atoms with Gasteiger partial charge in [-0.1, -0.05) is 58.9 Å². The number of halogens is 2. The van der Waals surface area contributed by atoms with E-state index >= 15 is 0 Å². The summed E-state index contributed by atoms with van der Waals surface area (Å²) < 4.78 is 28.5. The van der Waals surface area contributed by atoms with Crippen molar-refractivity contribution in [2.45, 2.75) is 34.6 Å². The van der Waals surface area contributed by atoms with Crippen LogP contribution in [0.25, 0.3) is 0 Å². The molecule has 0 saturated heterocycles. The summed E-state index contributed by atoms with van der Waals surface area (Å²) in [5.74, 6) is -1.57. The fourth-order valence-electron chi connectivity index (χ4n) is 3.02. The van der Waals surface area contributed by atoms with Gasteiger partial charge in [-0.3, -0.25) is 5.01 Å². The van der Waals surface area contributed by atoms with Crippen molar-refractivity contribution in [2.75, 3.05) is 22.2 Å². The average Bonchev–Trinajstić information content (AvgIpc) is 2.87. The second-order valence-corrected chi connectivity index (χ2v) is 8.60. The van der Waals surface area contributed by atoms with Gasteiger partial charge in [0.25, 0.3) is 0 Å². The number of imide groups is 1. The molecule has 0 bridgehead atoms. The molecule has 0 spiro atoms. The number of nitriles is 1. The average molecular weight is 510 g/mol. The third kappa shape index (κ3) is 7.96. The summed E-state index contributed by atoms with van der Waals surface area (Å²) >= 11 is 0. The number of nitrogens with one attached hydrogen (secondary N) is 2. The van der Waals surface area contributed by atoms with Crippen LogP contribution < -0.4 is 15.6 Å². The first-order valence-corrected chi connectivity index (χ1v) is 11.5. The van der Waals surface area contributed by atoms with Crippen LogP contribution in [-0.4, -0.2) is 33.6 Å². The second-order valence-electron chi connectivity index (χ2n) is 8.60. The Labute approximate surface area is 214 Å². The molecule has 0 unspecified atom stereocenters. The molecule has 1 heterocycles. The zero-order chi connectivity index (χ0) is 27.6. The van der Waals surface area contributed by atoms with E-state index in [-0.39, 0.29) is 29.6 Å². The normalized spacial score (nSPS) is 10.3. The zero-order valence-corrected chi connectivity index (χ0v) is 21.3. The molecule has 3 aromatic rings. The number of benzene rings is 2. The Bertz CT molecular complexity index is 1210. The molecule has 0 aliphatic carbocycles. The molecule has 0 saturated carbocycles. The molecule has 1 aromatic heterocycles. The molecule has 4 amide bonds. The Kier molecular flexibility index (Phi) is 10.0. The Morgan fingerprint density at radius 1 is 0.919 bits per heavy atom. The number of aromatic nitrogens is 2. The molecule has 9 nitrogen and oxygen atoms in total. The summed E-state index contributed by atoms with van der Waals surface area (Å²) in [7, 11) is 0. The number of rotatable bonds is 5. The third-order valence-corrected chi connectivity index (χ3v) is 4.49. The van der Waals surface area contributed by atoms with E-state index in [1.165, 1.54) is 53.7 Å². The smallest absolute Gasteiger partial charge is 0.303 e. The minimum absolute atomic E-state index is 0.0545. The third-order valence-electron chi connectivity index (χ3n) is 4.49. The largest absolute Gasteiger partial charge is 0.349 e. The van der Waals surface area contributed by atoms with E-state index in [2.05, 4.69) is 20.6 Å². The maximum atomic E-state index is 14.3. The number of hydrogen-bond acceptors (Lipinski definition) is 6. The predicted molar refractivity (Wildman–Crippen MR) is 138 cm³/mol. The van der Waals surface area contributed by atoms with Gasteiger partial charge in [0.15, 0.2) is 5.82 Å². The standard InChI is InChI=1S/C24H23F2N7O2.C2H6/c1-24(2,3)15-32(21-12-13-28-20(14-27)31-21)33(22(34)29-18-10-6-4-8-16(18)25)23(35)30-19-11-7-5-9-17(19)26;1-2/h4-13H,15H2,1-3H3,(H,29,34)(H,30,35);1-2H3. The minimum Gasteiger partial charge on any atom is -0.303 e. The SMILES string of the molecule is CC.CC(C)(C)CN(c1ccnc(C#N)n1)N(C(=O)Nc1ccccc1F)C(=O)Nc1ccccc1F. The molecule has 3 rings (SSSR count). The number of nitrogens with zero attached hydrogens (tertiary/aromatic N) is 5. The van der Waals surface area contributed by atoms with Crippen LogP contribution in [0.2, 0.25) is 0 Å². The van der Waals surface area contributed by atoms with Crippen molar-refractivity contribution in [2.24, 2.45) is 5.41 Å². The Morgan fingerprint density at radius 2 is 1.41 bits per heavy atom. The van der Waals surface area contributed by atoms with E-state index in [0.717, 1.165) is 12.1 Å². The van der Waals surface area contributed by atoms with E-state index < -0.39 is 29.1 Å². The number of anilines is 3. The van der Waals surface area contributed by atoms with Crippen LogP contribution in [0.1, 0.15) is 40.4 Å². The van der Waals surface area contributed by atoms with E-state index in [4.69, 9.17) is 0 Å². The van der Waals surface area contributed by atoms with Gasteiger partial charge >= 0.3 is 12.1 Å². The van der Waals surface area contributed by atoms with Crippen molar-refractivity contribution in [3.8, 4) is 6.07 Å². The lowest BCUT2D eigenvalue weighted by Gasteiger charge is -2.37. The van der Waals surface area contributed by atoms with Gasteiger partial charge < -0.3 is 10.6 Å². The number of para-hydroxylation sites is 2. The zero-order valence-electron chi connectivity index (χ0n) is 21.3. The number of carbonyl (C=O) groups excluding carboxylic acids is 2. The maximum absolute atomic E-state index is 14.3. The highest BCUT2D eigenvalue weighted by Gasteiger charge is 2.33. The van der Waals surface area contributed by atoms with Gasteiger partial charge in [0.1, 0.15) is 17.7 Å². The molecule has 0 aliphatic rings. The molecule has 2 aromatic carbocycles. The first kappa shape index (κ1) is 28.6. The number of hydrazine groups is 1. The summed E-state index contributed by atoms with van der Waals surface area (Å²) in [5.41, 5.74) is -0.832. The molecule has 0 radical (unpaired) electrons. The van der Waals surface area contributed by atoms with Crippen LogP contribution in [0.4, 0.5) is 35.6 Å². The summed E-state index contributed by atoms with van der Waals surface area (Å²) in [6, 6.07) is 12.0. The van der Waals surface area contributed by atoms with Gasteiger partial charge in [0.2, 0.25) is 5.82 Å². The van der Waals surface area contributed by atoms with Gasteiger partial charge in [-0.05, 0) is 29.7 Å². The summed E-state index contributed by atoms with van der Waals surface area (Å²) in [6.07, 6.45) is 1.30. The van der Waals surface area contributed by atoms with Crippen LogP contribution in [0.15, 0.2) is 60.8 Å². The van der Waals surface area contributed by atoms with Crippen LogP contribution >= 0.6 is 0 Å². The molecule has 37 heavy (non-hydrogen) atoms. The van der Waals surface area contributed by atoms with Gasteiger partial charge in [-0.25, -0.2) is 23.4 Å². The van der Waals surface area contributed by atoms with Gasteiger partial charge in [0, 0.05) is 18.8 Å². The molecule has 2 N–H and O–H groups in total. The van der Waals surface area contributed by atoms with Crippen LogP contribution in [-0.2, 0) is 0 Å². The molecular weight excluding hydrogens is 480 g/mol. The minimum atomic E-state index is -1.04. The van der Waals surface area contributed by atoms with Gasteiger partial charge in [-0.15, -0.1) is 5.01 Å². The van der Waals surface area contributed by atoms with Gasteiger partial charge in [0.05, 0.1) is 11.4 Å². The number of amides is 4. The first-order valence-electron chi connectivity index (χ1n) is 11.5. The molecule has 0 aliphatic heterocycles. The molecule has 0 fully saturated rings. The Hall–Kier alpha value is -4.59. The van der Waals surface area contributed by atoms with Crippen molar-refractivity contribution < 1.29 is 18.4 Å². The molecular formula is C26H29F2N7O2. The lowest BCUT2D eigenvalue weighted by atomic mass is 9.96. The van der Waals surface area contributed by atoms with Crippen LogP contribution in [0.3, 0.4) is 0 Å². The first-order chi connectivity index (χ1) is 17.6. The second kappa shape index (κ2) is 12.9. The summed E-state index contributed by atoms with van der Waals surface area (Å²) in [6.45, 7) is 9.63. The lowest BCUT2D eigenvalue weighted by Crippen LogP contribution is -2.56. The van der Waals surface area contributed by atoms with Crippen molar-refractivity contribution >= 4 is 29.3 Å². The maximum Gasteiger partial charge on any atom is 0.349 e. The molecule has 11 heteroatoms. The van der Waals surface area contributed by atoms with Crippen molar-refractivity contribution in [1.29, 1.82) is 5.26 Å². The van der Waals surface area contributed by atoms with Crippen molar-refractivity contribution in [3.05, 3.63) is 78.3 Å². The predicted octanol–water partition coefficient (Wildman–Crippen LogP) is 6.19. The topological polar surface area (TPSA) is 114 Å². The summed E-state index contributed by atoms with van der Waals surface area (Å²) in [5, 5.41) is 15.8. The molecule has 0 atom stereocenters. The monoisotopic (exact) mass is 509 g/mol. The van der Waals surface area contributed by atoms with E-state index in [0.29, 0.717) is 5.01 Å². The summed E-state index contributed by atoms with van der Waals surface area (Å²) in [4.78, 5) is 34.7. The van der Waals surface area contributed by atoms with Gasteiger partial charge in [-0.2, -0.15) is 10.2 Å². The van der Waals surface area contributed by atoms with E-state index in [1.807, 2.05) is 40.7 Å². The van der Waals surface area contributed by atoms with Crippen LogP contribution in [0.5, 0.6) is 0 Å². The highest BCUT2D eigenvalue weighted by Crippen LogP contribution is 2.24. The van der Waals surface area contributed by atoms with E-state index in [9.17, 15) is 23.6 Å². The number of hydrogen-bond donors (Lipinski definition) is 2. The van der Waals surface area contributed by atoms with Crippen LogP contribution in [0, 0.1) is 28.4 Å².